The minimum absolute atomic E-state index is 0.0981. The summed E-state index contributed by atoms with van der Waals surface area (Å²) in [4.78, 5) is 4.65. The van der Waals surface area contributed by atoms with Crippen LogP contribution in [0.2, 0.25) is 0 Å². The molecule has 0 spiro atoms. The van der Waals surface area contributed by atoms with Crippen LogP contribution < -0.4 is 5.32 Å². The third-order valence-corrected chi connectivity index (χ3v) is 4.62. The molecule has 0 aromatic heterocycles. The summed E-state index contributed by atoms with van der Waals surface area (Å²) >= 11 is 0. The molecule has 0 saturated carbocycles. The topological polar surface area (TPSA) is 18.5 Å². The Kier molecular flexibility index (Phi) is 3.94. The summed E-state index contributed by atoms with van der Waals surface area (Å²) in [6.07, 6.45) is -4.31. The number of nitrogens with zero attached hydrogens (tertiary/aromatic N) is 2. The molecule has 21 heavy (non-hydrogen) atoms. The van der Waals surface area contributed by atoms with Gasteiger partial charge in [-0.15, -0.1) is 0 Å². The first-order valence-electron chi connectivity index (χ1n) is 7.30. The van der Waals surface area contributed by atoms with Crippen molar-refractivity contribution in [1.82, 2.24) is 15.1 Å². The summed E-state index contributed by atoms with van der Waals surface area (Å²) in [5, 5.41) is 3.12. The minimum Gasteiger partial charge on any atom is -0.312 e. The SMILES string of the molecule is CNC(c1ccccc1C(F)(F)F)C1CN2CCN1CC2. The van der Waals surface area contributed by atoms with Gasteiger partial charge in [-0.25, -0.2) is 0 Å². The van der Waals surface area contributed by atoms with Crippen molar-refractivity contribution < 1.29 is 13.2 Å². The maximum atomic E-state index is 13.2. The van der Waals surface area contributed by atoms with E-state index in [9.17, 15) is 13.2 Å². The zero-order valence-corrected chi connectivity index (χ0v) is 12.0. The van der Waals surface area contributed by atoms with Crippen LogP contribution in [-0.4, -0.2) is 55.6 Å². The molecule has 3 saturated heterocycles. The molecule has 1 aromatic rings. The highest BCUT2D eigenvalue weighted by Crippen LogP contribution is 2.37. The van der Waals surface area contributed by atoms with Crippen LogP contribution in [-0.2, 0) is 6.18 Å². The van der Waals surface area contributed by atoms with Gasteiger partial charge in [-0.2, -0.15) is 13.2 Å². The van der Waals surface area contributed by atoms with Gasteiger partial charge in [0.25, 0.3) is 0 Å². The number of halogens is 3. The van der Waals surface area contributed by atoms with Crippen LogP contribution in [0.4, 0.5) is 13.2 Å². The Labute approximate surface area is 122 Å². The average molecular weight is 299 g/mol. The van der Waals surface area contributed by atoms with Crippen molar-refractivity contribution in [3.63, 3.8) is 0 Å². The molecule has 1 N–H and O–H groups in total. The molecule has 4 rings (SSSR count). The molecule has 2 bridgehead atoms. The number of hydrogen-bond acceptors (Lipinski definition) is 3. The molecule has 0 radical (unpaired) electrons. The number of hydrogen-bond donors (Lipinski definition) is 1. The molecule has 116 valence electrons. The number of fused-ring (bicyclic) bond motifs is 3. The fraction of sp³-hybridized carbons (Fsp3) is 0.600. The molecule has 3 aliphatic rings. The first kappa shape index (κ1) is 14.8. The Balaban J connectivity index is 1.94. The Hall–Kier alpha value is -1.11. The molecule has 3 heterocycles. The highest BCUT2D eigenvalue weighted by atomic mass is 19.4. The van der Waals surface area contributed by atoms with Crippen LogP contribution >= 0.6 is 0 Å². The van der Waals surface area contributed by atoms with E-state index in [-0.39, 0.29) is 12.1 Å². The number of rotatable bonds is 3. The van der Waals surface area contributed by atoms with Crippen molar-refractivity contribution in [2.24, 2.45) is 0 Å². The van der Waals surface area contributed by atoms with Crippen LogP contribution in [0.25, 0.3) is 0 Å². The van der Waals surface area contributed by atoms with E-state index < -0.39 is 11.7 Å². The van der Waals surface area contributed by atoms with Gasteiger partial charge in [0.15, 0.2) is 0 Å². The summed E-state index contributed by atoms with van der Waals surface area (Å²) in [6, 6.07) is 5.72. The van der Waals surface area contributed by atoms with E-state index in [0.29, 0.717) is 5.56 Å². The minimum atomic E-state index is -4.31. The summed E-state index contributed by atoms with van der Waals surface area (Å²) in [5.74, 6) is 0. The molecule has 0 aliphatic carbocycles. The van der Waals surface area contributed by atoms with Crippen LogP contribution in [0.15, 0.2) is 24.3 Å². The lowest BCUT2D eigenvalue weighted by atomic mass is 9.91. The van der Waals surface area contributed by atoms with Crippen molar-refractivity contribution >= 4 is 0 Å². The molecule has 3 aliphatic heterocycles. The molecule has 3 nitrogen and oxygen atoms in total. The third-order valence-electron chi connectivity index (χ3n) is 4.62. The monoisotopic (exact) mass is 299 g/mol. The Morgan fingerprint density at radius 3 is 2.33 bits per heavy atom. The smallest absolute Gasteiger partial charge is 0.312 e. The van der Waals surface area contributed by atoms with Crippen LogP contribution in [0.3, 0.4) is 0 Å². The van der Waals surface area contributed by atoms with Crippen molar-refractivity contribution in [2.45, 2.75) is 18.3 Å². The molecular weight excluding hydrogens is 279 g/mol. The highest BCUT2D eigenvalue weighted by molar-refractivity contribution is 5.33. The van der Waals surface area contributed by atoms with E-state index in [1.165, 1.54) is 12.1 Å². The molecule has 3 fully saturated rings. The average Bonchev–Trinajstić information content (AvgIpc) is 2.49. The van der Waals surface area contributed by atoms with Gasteiger partial charge in [0.05, 0.1) is 5.56 Å². The lowest BCUT2D eigenvalue weighted by Crippen LogP contribution is -2.63. The zero-order chi connectivity index (χ0) is 15.0. The first-order valence-corrected chi connectivity index (χ1v) is 7.30. The van der Waals surface area contributed by atoms with Gasteiger partial charge in [0.1, 0.15) is 0 Å². The van der Waals surface area contributed by atoms with Crippen LogP contribution in [0, 0.1) is 0 Å². The number of benzene rings is 1. The highest BCUT2D eigenvalue weighted by Gasteiger charge is 2.41. The van der Waals surface area contributed by atoms with Gasteiger partial charge in [-0.1, -0.05) is 18.2 Å². The van der Waals surface area contributed by atoms with Gasteiger partial charge in [0, 0.05) is 44.8 Å². The normalized spacial score (nSPS) is 30.4. The predicted octanol–water partition coefficient (Wildman–Crippen LogP) is 1.97. The fourth-order valence-corrected chi connectivity index (χ4v) is 3.56. The second kappa shape index (κ2) is 5.59. The summed E-state index contributed by atoms with van der Waals surface area (Å²) in [5.41, 5.74) is -0.173. The largest absolute Gasteiger partial charge is 0.416 e. The van der Waals surface area contributed by atoms with Gasteiger partial charge in [0.2, 0.25) is 0 Å². The Morgan fingerprint density at radius 2 is 1.81 bits per heavy atom. The number of likely N-dealkylation sites (N-methyl/N-ethyl adjacent to an activating group) is 1. The van der Waals surface area contributed by atoms with Gasteiger partial charge in [-0.3, -0.25) is 9.80 Å². The fourth-order valence-electron chi connectivity index (χ4n) is 3.56. The van der Waals surface area contributed by atoms with Crippen LogP contribution in [0.5, 0.6) is 0 Å². The quantitative estimate of drug-likeness (QED) is 0.920. The van der Waals surface area contributed by atoms with E-state index in [1.807, 2.05) is 0 Å². The molecule has 0 amide bonds. The predicted molar refractivity (Wildman–Crippen MR) is 75.0 cm³/mol. The first-order chi connectivity index (χ1) is 10.0. The molecule has 2 unspecified atom stereocenters. The van der Waals surface area contributed by atoms with Crippen LogP contribution in [0.1, 0.15) is 17.2 Å². The molecule has 2 atom stereocenters. The molecule has 1 aromatic carbocycles. The second-order valence-corrected chi connectivity index (χ2v) is 5.76. The Bertz CT molecular complexity index is 495. The number of alkyl halides is 3. The van der Waals surface area contributed by atoms with E-state index in [2.05, 4.69) is 15.1 Å². The van der Waals surface area contributed by atoms with Gasteiger partial charge < -0.3 is 5.32 Å². The zero-order valence-electron chi connectivity index (χ0n) is 12.0. The standard InChI is InChI=1S/C15H20F3N3/c1-19-14(13-10-20-6-8-21(13)9-7-20)11-4-2-3-5-12(11)15(16,17)18/h2-5,13-14,19H,6-10H2,1H3. The van der Waals surface area contributed by atoms with E-state index in [4.69, 9.17) is 0 Å². The molecule has 6 heteroatoms. The third kappa shape index (κ3) is 2.80. The van der Waals surface area contributed by atoms with Crippen molar-refractivity contribution in [2.75, 3.05) is 39.8 Å². The Morgan fingerprint density at radius 1 is 1.14 bits per heavy atom. The van der Waals surface area contributed by atoms with E-state index >= 15 is 0 Å². The lowest BCUT2D eigenvalue weighted by Gasteiger charge is -2.50. The van der Waals surface area contributed by atoms with Crippen molar-refractivity contribution in [3.8, 4) is 0 Å². The maximum absolute atomic E-state index is 13.2. The second-order valence-electron chi connectivity index (χ2n) is 5.76. The van der Waals surface area contributed by atoms with E-state index in [1.54, 1.807) is 19.2 Å². The lowest BCUT2D eigenvalue weighted by molar-refractivity contribution is -0.138. The van der Waals surface area contributed by atoms with Gasteiger partial charge in [-0.05, 0) is 18.7 Å². The summed E-state index contributed by atoms with van der Waals surface area (Å²) < 4.78 is 39.7. The van der Waals surface area contributed by atoms with Crippen molar-refractivity contribution in [3.05, 3.63) is 35.4 Å². The van der Waals surface area contributed by atoms with E-state index in [0.717, 1.165) is 32.7 Å². The van der Waals surface area contributed by atoms with Gasteiger partial charge >= 0.3 is 6.18 Å². The number of piperazine rings is 3. The van der Waals surface area contributed by atoms with Crippen molar-refractivity contribution in [1.29, 1.82) is 0 Å². The summed E-state index contributed by atoms with van der Waals surface area (Å²) in [6.45, 7) is 4.76. The molecular formula is C15H20F3N3. The summed E-state index contributed by atoms with van der Waals surface area (Å²) in [7, 11) is 1.75. The number of nitrogens with one attached hydrogen (secondary N) is 1. The maximum Gasteiger partial charge on any atom is 0.416 e.